The minimum atomic E-state index is -3.21. The van der Waals surface area contributed by atoms with Crippen molar-refractivity contribution in [3.63, 3.8) is 0 Å². The molecule has 166 valence electrons. The number of benzene rings is 2. The van der Waals surface area contributed by atoms with Crippen molar-refractivity contribution in [1.82, 2.24) is 10.6 Å². The van der Waals surface area contributed by atoms with Crippen LogP contribution in [-0.2, 0) is 22.1 Å². The van der Waals surface area contributed by atoms with E-state index in [9.17, 15) is 12.8 Å². The van der Waals surface area contributed by atoms with Gasteiger partial charge in [-0.2, -0.15) is 0 Å². The first-order chi connectivity index (χ1) is 13.9. The first kappa shape index (κ1) is 26.2. The number of rotatable bonds is 10. The minimum absolute atomic E-state index is 0. The van der Waals surface area contributed by atoms with Crippen molar-refractivity contribution >= 4 is 39.8 Å². The highest BCUT2D eigenvalue weighted by atomic mass is 127. The molecule has 0 saturated heterocycles. The third-order valence-electron chi connectivity index (χ3n) is 4.13. The molecule has 0 spiro atoms. The van der Waals surface area contributed by atoms with Gasteiger partial charge in [0.05, 0.1) is 12.4 Å². The predicted molar refractivity (Wildman–Crippen MR) is 130 cm³/mol. The van der Waals surface area contributed by atoms with Crippen molar-refractivity contribution in [2.45, 2.75) is 25.1 Å². The predicted octanol–water partition coefficient (Wildman–Crippen LogP) is 3.51. The van der Waals surface area contributed by atoms with Crippen LogP contribution in [0.2, 0.25) is 0 Å². The van der Waals surface area contributed by atoms with Gasteiger partial charge in [0.15, 0.2) is 15.8 Å². The van der Waals surface area contributed by atoms with Gasteiger partial charge in [-0.3, -0.25) is 4.99 Å². The molecule has 0 heterocycles. The number of guanidine groups is 1. The third kappa shape index (κ3) is 10.2. The number of ether oxygens (including phenoxy) is 1. The number of aliphatic imine (C=N–C) groups is 1. The van der Waals surface area contributed by atoms with E-state index in [2.05, 4.69) is 15.6 Å². The van der Waals surface area contributed by atoms with Crippen molar-refractivity contribution in [3.8, 4) is 5.75 Å². The molecule has 9 heteroatoms. The Balaban J connectivity index is 0.00000450. The van der Waals surface area contributed by atoms with Crippen molar-refractivity contribution in [1.29, 1.82) is 0 Å². The zero-order chi connectivity index (χ0) is 21.1. The van der Waals surface area contributed by atoms with Gasteiger partial charge in [-0.25, -0.2) is 12.8 Å². The summed E-state index contributed by atoms with van der Waals surface area (Å²) >= 11 is 0. The molecule has 0 aromatic heterocycles. The molecule has 0 bridgehead atoms. The van der Waals surface area contributed by atoms with Crippen molar-refractivity contribution in [2.24, 2.45) is 4.99 Å². The van der Waals surface area contributed by atoms with Gasteiger partial charge in [0, 0.05) is 26.4 Å². The van der Waals surface area contributed by atoms with Crippen molar-refractivity contribution in [3.05, 3.63) is 65.5 Å². The molecule has 0 amide bonds. The lowest BCUT2D eigenvalue weighted by Crippen LogP contribution is -2.37. The highest BCUT2D eigenvalue weighted by molar-refractivity contribution is 14.0. The van der Waals surface area contributed by atoms with Gasteiger partial charge in [-0.1, -0.05) is 24.3 Å². The summed E-state index contributed by atoms with van der Waals surface area (Å²) in [6.07, 6.45) is 2.95. The summed E-state index contributed by atoms with van der Waals surface area (Å²) in [5, 5.41) is 6.29. The summed E-state index contributed by atoms with van der Waals surface area (Å²) in [5.41, 5.74) is 1.17. The van der Waals surface area contributed by atoms with Gasteiger partial charge in [-0.15, -0.1) is 24.0 Å². The Hall–Kier alpha value is -1.88. The Kier molecular flexibility index (Phi) is 11.7. The minimum Gasteiger partial charge on any atom is -0.494 e. The number of hydrogen-bond donors (Lipinski definition) is 2. The maximum atomic E-state index is 13.6. The summed E-state index contributed by atoms with van der Waals surface area (Å²) in [5.74, 6) is 0.902. The molecule has 0 fully saturated rings. The first-order valence-corrected chi connectivity index (χ1v) is 11.5. The number of nitrogens with one attached hydrogen (secondary N) is 2. The molecule has 6 nitrogen and oxygen atoms in total. The van der Waals surface area contributed by atoms with Gasteiger partial charge in [-0.05, 0) is 48.2 Å². The molecule has 2 rings (SSSR count). The topological polar surface area (TPSA) is 79.8 Å². The van der Waals surface area contributed by atoms with Crippen LogP contribution >= 0.6 is 24.0 Å². The monoisotopic (exact) mass is 549 g/mol. The Morgan fingerprint density at radius 3 is 2.47 bits per heavy atom. The lowest BCUT2D eigenvalue weighted by molar-refractivity contribution is 0.307. The average Bonchev–Trinajstić information content (AvgIpc) is 2.68. The van der Waals surface area contributed by atoms with Gasteiger partial charge < -0.3 is 15.4 Å². The van der Waals surface area contributed by atoms with Crippen LogP contribution in [0.5, 0.6) is 5.75 Å². The van der Waals surface area contributed by atoms with E-state index in [4.69, 9.17) is 4.74 Å². The van der Waals surface area contributed by atoms with E-state index in [-0.39, 0.29) is 36.3 Å². The number of para-hydroxylation sites is 1. The van der Waals surface area contributed by atoms with Crippen LogP contribution in [0, 0.1) is 5.82 Å². The van der Waals surface area contributed by atoms with E-state index in [0.29, 0.717) is 30.2 Å². The SMILES string of the molecule is CN=C(NCCCCOc1ccccc1)NCc1cc(F)ccc1CS(C)(=O)=O.I. The Labute approximate surface area is 195 Å². The standard InChI is InChI=1S/C21H28FN3O3S.HI/c1-23-21(24-12-6-7-13-28-20-8-4-3-5-9-20)25-15-18-14-19(22)11-10-17(18)16-29(2,26)27;/h3-5,8-11,14H,6-7,12-13,15-16H2,1-2H3,(H2,23,24,25);1H. The third-order valence-corrected chi connectivity index (χ3v) is 4.97. The van der Waals surface area contributed by atoms with Crippen molar-refractivity contribution < 1.29 is 17.5 Å². The fourth-order valence-electron chi connectivity index (χ4n) is 2.72. The molecule has 0 aliphatic heterocycles. The van der Waals surface area contributed by atoms with Crippen LogP contribution in [-0.4, -0.2) is 40.8 Å². The Morgan fingerprint density at radius 2 is 1.80 bits per heavy atom. The number of unbranched alkanes of at least 4 members (excludes halogenated alkanes) is 1. The summed E-state index contributed by atoms with van der Waals surface area (Å²) in [7, 11) is -1.56. The summed E-state index contributed by atoms with van der Waals surface area (Å²) in [4.78, 5) is 4.15. The van der Waals surface area contributed by atoms with E-state index in [0.717, 1.165) is 24.8 Å². The van der Waals surface area contributed by atoms with Gasteiger partial charge in [0.25, 0.3) is 0 Å². The molecule has 0 unspecified atom stereocenters. The van der Waals surface area contributed by atoms with Crippen LogP contribution < -0.4 is 15.4 Å². The normalized spacial score (nSPS) is 11.5. The van der Waals surface area contributed by atoms with E-state index in [1.165, 1.54) is 18.2 Å². The number of halogens is 2. The molecule has 30 heavy (non-hydrogen) atoms. The molecule has 0 saturated carbocycles. The van der Waals surface area contributed by atoms with E-state index in [1.807, 2.05) is 30.3 Å². The molecule has 2 aromatic rings. The zero-order valence-electron chi connectivity index (χ0n) is 17.2. The quantitative estimate of drug-likeness (QED) is 0.205. The number of hydrogen-bond acceptors (Lipinski definition) is 4. The van der Waals surface area contributed by atoms with E-state index in [1.54, 1.807) is 7.05 Å². The highest BCUT2D eigenvalue weighted by Gasteiger charge is 2.11. The van der Waals surface area contributed by atoms with Gasteiger partial charge >= 0.3 is 0 Å². The molecule has 0 radical (unpaired) electrons. The van der Waals surface area contributed by atoms with Crippen LogP contribution in [0.15, 0.2) is 53.5 Å². The molecular formula is C21H29FIN3O3S. The van der Waals surface area contributed by atoms with Crippen LogP contribution in [0.3, 0.4) is 0 Å². The summed E-state index contributed by atoms with van der Waals surface area (Å²) in [6, 6.07) is 13.8. The number of sulfone groups is 1. The van der Waals surface area contributed by atoms with Crippen LogP contribution in [0.25, 0.3) is 0 Å². The smallest absolute Gasteiger partial charge is 0.191 e. The van der Waals surface area contributed by atoms with Gasteiger partial charge in [0.1, 0.15) is 11.6 Å². The molecule has 0 aliphatic carbocycles. The Morgan fingerprint density at radius 1 is 1.07 bits per heavy atom. The molecule has 2 aromatic carbocycles. The summed E-state index contributed by atoms with van der Waals surface area (Å²) < 4.78 is 42.4. The fourth-order valence-corrected chi connectivity index (χ4v) is 3.57. The second-order valence-electron chi connectivity index (χ2n) is 6.70. The molecule has 0 aliphatic rings. The maximum absolute atomic E-state index is 13.6. The summed E-state index contributed by atoms with van der Waals surface area (Å²) in [6.45, 7) is 1.62. The largest absolute Gasteiger partial charge is 0.494 e. The Bertz CT molecular complexity index is 909. The fraction of sp³-hybridized carbons (Fsp3) is 0.381. The maximum Gasteiger partial charge on any atom is 0.191 e. The highest BCUT2D eigenvalue weighted by Crippen LogP contribution is 2.14. The van der Waals surface area contributed by atoms with Crippen molar-refractivity contribution in [2.75, 3.05) is 26.5 Å². The van der Waals surface area contributed by atoms with Crippen LogP contribution in [0.1, 0.15) is 24.0 Å². The van der Waals surface area contributed by atoms with Crippen LogP contribution in [0.4, 0.5) is 4.39 Å². The molecule has 0 atom stereocenters. The number of nitrogens with zero attached hydrogens (tertiary/aromatic N) is 1. The van der Waals surface area contributed by atoms with Gasteiger partial charge in [0.2, 0.25) is 0 Å². The first-order valence-electron chi connectivity index (χ1n) is 9.45. The van der Waals surface area contributed by atoms with E-state index >= 15 is 0 Å². The lowest BCUT2D eigenvalue weighted by atomic mass is 10.1. The lowest BCUT2D eigenvalue weighted by Gasteiger charge is -2.14. The average molecular weight is 549 g/mol. The van der Waals surface area contributed by atoms with E-state index < -0.39 is 15.7 Å². The molecule has 2 N–H and O–H groups in total. The second-order valence-corrected chi connectivity index (χ2v) is 8.84. The zero-order valence-corrected chi connectivity index (χ0v) is 20.4. The second kappa shape index (κ2) is 13.4. The molecular weight excluding hydrogens is 520 g/mol.